The van der Waals surface area contributed by atoms with Crippen LogP contribution < -0.4 is 10.6 Å². The van der Waals surface area contributed by atoms with E-state index in [2.05, 4.69) is 20.7 Å². The van der Waals surface area contributed by atoms with Crippen LogP contribution in [0, 0.1) is 17.5 Å². The first kappa shape index (κ1) is 27.3. The maximum absolute atomic E-state index is 14.7. The third kappa shape index (κ3) is 4.81. The smallest absolute Gasteiger partial charge is 0.341 e. The third-order valence-electron chi connectivity index (χ3n) is 6.66. The molecule has 7 nitrogen and oxygen atoms in total. The number of hydrogen-bond donors (Lipinski definition) is 2. The van der Waals surface area contributed by atoms with Crippen LogP contribution in [0.1, 0.15) is 43.4 Å². The van der Waals surface area contributed by atoms with Gasteiger partial charge in [-0.2, -0.15) is 18.3 Å². The van der Waals surface area contributed by atoms with Gasteiger partial charge in [-0.15, -0.1) is 0 Å². The summed E-state index contributed by atoms with van der Waals surface area (Å²) < 4.78 is 84.1. The molecule has 14 heteroatoms. The molecule has 1 atom stereocenters. The van der Waals surface area contributed by atoms with E-state index in [1.54, 1.807) is 0 Å². The summed E-state index contributed by atoms with van der Waals surface area (Å²) in [6.07, 6.45) is -2.39. The van der Waals surface area contributed by atoms with Gasteiger partial charge in [-0.3, -0.25) is 9.59 Å². The first-order chi connectivity index (χ1) is 19.9. The van der Waals surface area contributed by atoms with Crippen molar-refractivity contribution in [3.05, 3.63) is 117 Å². The van der Waals surface area contributed by atoms with Crippen LogP contribution in [-0.4, -0.2) is 26.4 Å². The summed E-state index contributed by atoms with van der Waals surface area (Å²) >= 11 is 6.30. The van der Waals surface area contributed by atoms with Crippen molar-refractivity contribution >= 4 is 34.7 Å². The van der Waals surface area contributed by atoms with Crippen LogP contribution in [0.15, 0.2) is 67.1 Å². The highest BCUT2D eigenvalue weighted by Gasteiger charge is 2.36. The zero-order valence-electron chi connectivity index (χ0n) is 20.7. The van der Waals surface area contributed by atoms with Gasteiger partial charge in [0, 0.05) is 44.7 Å². The second-order valence-electron chi connectivity index (χ2n) is 9.34. The number of benzene rings is 3. The Morgan fingerprint density at radius 3 is 2.52 bits per heavy atom. The SMILES string of the molecule is O=C(Nc1cc(-c2cc(F)c3ncnn3c2)cc2c1C(c1cc(F)ccc1Cl)NC2=O)c1cc(F)cc(C(F)(F)F)c1. The first-order valence-electron chi connectivity index (χ1n) is 12.0. The van der Waals surface area contributed by atoms with Crippen LogP contribution in [0.3, 0.4) is 0 Å². The lowest BCUT2D eigenvalue weighted by Gasteiger charge is -2.19. The molecule has 0 saturated heterocycles. The van der Waals surface area contributed by atoms with Gasteiger partial charge in [-0.1, -0.05) is 11.6 Å². The van der Waals surface area contributed by atoms with E-state index in [0.29, 0.717) is 12.1 Å². The van der Waals surface area contributed by atoms with Gasteiger partial charge in [0.05, 0.1) is 11.6 Å². The number of alkyl halides is 3. The van der Waals surface area contributed by atoms with Gasteiger partial charge in [0.15, 0.2) is 11.5 Å². The Morgan fingerprint density at radius 1 is 0.976 bits per heavy atom. The molecule has 2 amide bonds. The van der Waals surface area contributed by atoms with Crippen molar-refractivity contribution < 1.29 is 35.9 Å². The summed E-state index contributed by atoms with van der Waals surface area (Å²) in [6, 6.07) is 7.56. The van der Waals surface area contributed by atoms with E-state index in [-0.39, 0.29) is 50.2 Å². The van der Waals surface area contributed by atoms with Crippen LogP contribution in [0.4, 0.5) is 32.0 Å². The lowest BCUT2D eigenvalue weighted by atomic mass is 9.93. The molecule has 0 saturated carbocycles. The van der Waals surface area contributed by atoms with E-state index in [1.807, 2.05) is 0 Å². The summed E-state index contributed by atoms with van der Waals surface area (Å²) in [4.78, 5) is 30.2. The molecule has 212 valence electrons. The maximum atomic E-state index is 14.7. The van der Waals surface area contributed by atoms with Gasteiger partial charge in [-0.05, 0) is 60.2 Å². The minimum absolute atomic E-state index is 0.0116. The molecule has 0 bridgehead atoms. The number of halogens is 7. The van der Waals surface area contributed by atoms with Crippen molar-refractivity contribution in [2.45, 2.75) is 12.2 Å². The van der Waals surface area contributed by atoms with E-state index in [4.69, 9.17) is 11.6 Å². The molecule has 1 aliphatic heterocycles. The molecule has 3 aromatic carbocycles. The predicted molar refractivity (Wildman–Crippen MR) is 138 cm³/mol. The van der Waals surface area contributed by atoms with E-state index in [0.717, 1.165) is 29.0 Å². The Balaban J connectivity index is 1.52. The third-order valence-corrected chi connectivity index (χ3v) is 7.00. The number of hydrogen-bond acceptors (Lipinski definition) is 4. The zero-order valence-corrected chi connectivity index (χ0v) is 21.5. The molecule has 1 aliphatic rings. The second-order valence-corrected chi connectivity index (χ2v) is 9.75. The normalized spacial score (nSPS) is 14.6. The summed E-state index contributed by atoms with van der Waals surface area (Å²) in [5, 5.41) is 9.09. The van der Waals surface area contributed by atoms with E-state index in [1.165, 1.54) is 24.4 Å². The largest absolute Gasteiger partial charge is 0.416 e. The topological polar surface area (TPSA) is 88.4 Å². The molecule has 6 rings (SSSR count). The highest BCUT2D eigenvalue weighted by atomic mass is 35.5. The number of anilines is 1. The Kier molecular flexibility index (Phi) is 6.41. The number of rotatable bonds is 4. The number of carbonyl (C=O) groups excluding carboxylic acids is 2. The molecule has 3 heterocycles. The number of fused-ring (bicyclic) bond motifs is 2. The Morgan fingerprint density at radius 2 is 1.76 bits per heavy atom. The van der Waals surface area contributed by atoms with Crippen molar-refractivity contribution in [3.8, 4) is 11.1 Å². The Labute approximate surface area is 236 Å². The lowest BCUT2D eigenvalue weighted by Crippen LogP contribution is -2.21. The molecule has 0 aliphatic carbocycles. The van der Waals surface area contributed by atoms with Crippen molar-refractivity contribution in [2.24, 2.45) is 0 Å². The predicted octanol–water partition coefficient (Wildman–Crippen LogP) is 6.57. The van der Waals surface area contributed by atoms with Crippen LogP contribution >= 0.6 is 11.6 Å². The van der Waals surface area contributed by atoms with E-state index < -0.39 is 52.6 Å². The second kappa shape index (κ2) is 9.87. The van der Waals surface area contributed by atoms with Gasteiger partial charge in [-0.25, -0.2) is 22.7 Å². The van der Waals surface area contributed by atoms with Crippen LogP contribution in [-0.2, 0) is 6.18 Å². The monoisotopic (exact) mass is 601 g/mol. The average Bonchev–Trinajstić information content (AvgIpc) is 3.54. The van der Waals surface area contributed by atoms with Gasteiger partial charge < -0.3 is 10.6 Å². The van der Waals surface area contributed by atoms with E-state index >= 15 is 0 Å². The maximum Gasteiger partial charge on any atom is 0.416 e. The molecule has 2 N–H and O–H groups in total. The fraction of sp³-hybridized carbons (Fsp3) is 0.0714. The molecule has 1 unspecified atom stereocenters. The molecular formula is C28H14ClF6N5O2. The van der Waals surface area contributed by atoms with Crippen molar-refractivity contribution in [1.82, 2.24) is 19.9 Å². The summed E-state index contributed by atoms with van der Waals surface area (Å²) in [5.74, 6) is -4.51. The zero-order chi connectivity index (χ0) is 29.9. The fourth-order valence-electron chi connectivity index (χ4n) is 4.79. The molecule has 0 fully saturated rings. The summed E-state index contributed by atoms with van der Waals surface area (Å²) in [7, 11) is 0. The lowest BCUT2D eigenvalue weighted by molar-refractivity contribution is -0.137. The quantitative estimate of drug-likeness (QED) is 0.228. The van der Waals surface area contributed by atoms with E-state index in [9.17, 15) is 35.9 Å². The molecule has 2 aromatic heterocycles. The molecule has 0 spiro atoms. The highest BCUT2D eigenvalue weighted by Crippen LogP contribution is 2.42. The van der Waals surface area contributed by atoms with Gasteiger partial charge in [0.25, 0.3) is 11.8 Å². The summed E-state index contributed by atoms with van der Waals surface area (Å²) in [6.45, 7) is 0. The standard InChI is InChI=1S/C28H14ClF6N5O2/c29-20-2-1-16(30)9-18(20)24-23-19(27(42)39-24)5-12(14-6-21(32)25-36-11-37-40(25)10-14)7-22(23)38-26(41)13-3-15(28(33,34)35)8-17(31)4-13/h1-11,24H,(H,38,41)(H,39,42). The number of amides is 2. The highest BCUT2D eigenvalue weighted by molar-refractivity contribution is 6.31. The molecular weight excluding hydrogens is 588 g/mol. The fourth-order valence-corrected chi connectivity index (χ4v) is 5.02. The van der Waals surface area contributed by atoms with Crippen molar-refractivity contribution in [2.75, 3.05) is 5.32 Å². The van der Waals surface area contributed by atoms with Crippen molar-refractivity contribution in [3.63, 3.8) is 0 Å². The number of aromatic nitrogens is 3. The summed E-state index contributed by atoms with van der Waals surface area (Å²) in [5.41, 5.74) is -1.58. The molecule has 0 radical (unpaired) electrons. The minimum atomic E-state index is -4.93. The molecule has 42 heavy (non-hydrogen) atoms. The van der Waals surface area contributed by atoms with Crippen LogP contribution in [0.2, 0.25) is 5.02 Å². The van der Waals surface area contributed by atoms with Gasteiger partial charge in [0.1, 0.15) is 18.0 Å². The first-order valence-corrected chi connectivity index (χ1v) is 12.4. The Hall–Kier alpha value is -4.91. The average molecular weight is 602 g/mol. The van der Waals surface area contributed by atoms with Crippen molar-refractivity contribution in [1.29, 1.82) is 0 Å². The number of pyridine rings is 1. The number of nitrogens with one attached hydrogen (secondary N) is 2. The number of nitrogens with zero attached hydrogens (tertiary/aromatic N) is 3. The Bertz CT molecular complexity index is 1940. The number of carbonyl (C=O) groups is 2. The van der Waals surface area contributed by atoms with Crippen LogP contribution in [0.5, 0.6) is 0 Å². The van der Waals surface area contributed by atoms with Gasteiger partial charge >= 0.3 is 6.18 Å². The minimum Gasteiger partial charge on any atom is -0.341 e. The molecule has 5 aromatic rings. The van der Waals surface area contributed by atoms with Gasteiger partial charge in [0.2, 0.25) is 0 Å². The van der Waals surface area contributed by atoms with Crippen LogP contribution in [0.25, 0.3) is 16.8 Å².